The molecule has 0 heterocycles. The molecule has 0 radical (unpaired) electrons. The van der Waals surface area contributed by atoms with E-state index in [-0.39, 0.29) is 10.8 Å². The molecule has 80 valence electrons. The van der Waals surface area contributed by atoms with Crippen LogP contribution >= 0.6 is 0 Å². The topological polar surface area (TPSA) is 32.6 Å². The molecule has 1 spiro atoms. The zero-order valence-electron chi connectivity index (χ0n) is 9.51. The molecule has 1 N–H and O–H groups in total. The highest BCUT2D eigenvalue weighted by Gasteiger charge is 2.52. The van der Waals surface area contributed by atoms with Crippen molar-refractivity contribution < 1.29 is 5.21 Å². The number of rotatable bonds is 0. The summed E-state index contributed by atoms with van der Waals surface area (Å²) in [4.78, 5) is 0. The highest BCUT2D eigenvalue weighted by molar-refractivity contribution is 5.96. The standard InChI is InChI=1S/C12H21NO/c1-9-5-8-12(6-4-7-12)10(13-14)11(9,2)3/h9,14H,4-8H2,1-3H3/b13-10-. The number of hydrogen-bond donors (Lipinski definition) is 1. The Morgan fingerprint density at radius 3 is 2.36 bits per heavy atom. The van der Waals surface area contributed by atoms with E-state index in [9.17, 15) is 5.21 Å². The van der Waals surface area contributed by atoms with Gasteiger partial charge in [0.15, 0.2) is 0 Å². The zero-order chi connectivity index (χ0) is 10.4. The lowest BCUT2D eigenvalue weighted by atomic mass is 9.51. The van der Waals surface area contributed by atoms with Crippen molar-refractivity contribution in [2.24, 2.45) is 21.9 Å². The lowest BCUT2D eigenvalue weighted by molar-refractivity contribution is 0.112. The maximum Gasteiger partial charge on any atom is 0.0690 e. The van der Waals surface area contributed by atoms with Crippen LogP contribution in [-0.4, -0.2) is 10.9 Å². The molecule has 0 aliphatic heterocycles. The van der Waals surface area contributed by atoms with Crippen molar-refractivity contribution in [2.75, 3.05) is 0 Å². The minimum absolute atomic E-state index is 0.0907. The second-order valence-electron chi connectivity index (χ2n) is 5.74. The minimum atomic E-state index is 0.0907. The summed E-state index contributed by atoms with van der Waals surface area (Å²) in [6.07, 6.45) is 6.30. The van der Waals surface area contributed by atoms with Gasteiger partial charge in [0.1, 0.15) is 0 Å². The van der Waals surface area contributed by atoms with Gasteiger partial charge in [0, 0.05) is 10.8 Å². The van der Waals surface area contributed by atoms with Crippen LogP contribution in [0.25, 0.3) is 0 Å². The summed E-state index contributed by atoms with van der Waals surface area (Å²) < 4.78 is 0. The Balaban J connectivity index is 2.33. The van der Waals surface area contributed by atoms with Crippen LogP contribution in [-0.2, 0) is 0 Å². The smallest absolute Gasteiger partial charge is 0.0690 e. The fourth-order valence-electron chi connectivity index (χ4n) is 3.21. The Labute approximate surface area is 86.4 Å². The van der Waals surface area contributed by atoms with Gasteiger partial charge in [-0.3, -0.25) is 0 Å². The van der Waals surface area contributed by atoms with E-state index in [1.807, 2.05) is 0 Å². The van der Waals surface area contributed by atoms with Gasteiger partial charge in [0.25, 0.3) is 0 Å². The van der Waals surface area contributed by atoms with Crippen molar-refractivity contribution in [3.8, 4) is 0 Å². The molecule has 2 aliphatic rings. The molecule has 0 aromatic carbocycles. The Kier molecular flexibility index (Phi) is 2.13. The molecule has 2 aliphatic carbocycles. The predicted octanol–water partition coefficient (Wildman–Crippen LogP) is 3.44. The Morgan fingerprint density at radius 1 is 1.29 bits per heavy atom. The van der Waals surface area contributed by atoms with Crippen LogP contribution in [0.1, 0.15) is 52.9 Å². The summed E-state index contributed by atoms with van der Waals surface area (Å²) in [5.74, 6) is 0.639. The van der Waals surface area contributed by atoms with Crippen LogP contribution in [0.5, 0.6) is 0 Å². The van der Waals surface area contributed by atoms with Crippen molar-refractivity contribution in [2.45, 2.75) is 52.9 Å². The normalized spacial score (nSPS) is 37.1. The average molecular weight is 195 g/mol. The Hall–Kier alpha value is -0.530. The maximum absolute atomic E-state index is 9.23. The maximum atomic E-state index is 9.23. The molecule has 2 heteroatoms. The molecule has 1 unspecified atom stereocenters. The first-order chi connectivity index (χ1) is 6.53. The summed E-state index contributed by atoms with van der Waals surface area (Å²) >= 11 is 0. The van der Waals surface area contributed by atoms with Crippen LogP contribution in [0.4, 0.5) is 0 Å². The SMILES string of the molecule is CC1CCC2(CCC2)/C(=N\O)C1(C)C. The molecule has 1 atom stereocenters. The Bertz CT molecular complexity index is 259. The zero-order valence-corrected chi connectivity index (χ0v) is 9.51. The third-order valence-corrected chi connectivity index (χ3v) is 4.81. The molecule has 2 nitrogen and oxygen atoms in total. The van der Waals surface area contributed by atoms with Gasteiger partial charge in [-0.2, -0.15) is 0 Å². The van der Waals surface area contributed by atoms with Crippen molar-refractivity contribution in [1.29, 1.82) is 0 Å². The monoisotopic (exact) mass is 195 g/mol. The molecule has 0 bridgehead atoms. The van der Waals surface area contributed by atoms with E-state index in [0.717, 1.165) is 5.71 Å². The van der Waals surface area contributed by atoms with Crippen LogP contribution in [0.2, 0.25) is 0 Å². The lowest BCUT2D eigenvalue weighted by Gasteiger charge is -2.53. The molecule has 2 fully saturated rings. The van der Waals surface area contributed by atoms with Crippen LogP contribution < -0.4 is 0 Å². The predicted molar refractivity (Wildman–Crippen MR) is 57.7 cm³/mol. The third-order valence-electron chi connectivity index (χ3n) is 4.81. The summed E-state index contributed by atoms with van der Waals surface area (Å²) in [5.41, 5.74) is 1.45. The number of nitrogens with zero attached hydrogens (tertiary/aromatic N) is 1. The molecule has 0 amide bonds. The van der Waals surface area contributed by atoms with Crippen molar-refractivity contribution >= 4 is 5.71 Å². The van der Waals surface area contributed by atoms with Gasteiger partial charge < -0.3 is 5.21 Å². The van der Waals surface area contributed by atoms with Gasteiger partial charge in [-0.1, -0.05) is 32.3 Å². The van der Waals surface area contributed by atoms with Crippen LogP contribution in [0.15, 0.2) is 5.16 Å². The van der Waals surface area contributed by atoms with Gasteiger partial charge in [0.05, 0.1) is 5.71 Å². The van der Waals surface area contributed by atoms with Gasteiger partial charge >= 0.3 is 0 Å². The minimum Gasteiger partial charge on any atom is -0.411 e. The van der Waals surface area contributed by atoms with Crippen LogP contribution in [0.3, 0.4) is 0 Å². The van der Waals surface area contributed by atoms with E-state index in [1.54, 1.807) is 0 Å². The first-order valence-corrected chi connectivity index (χ1v) is 5.76. The van der Waals surface area contributed by atoms with Crippen LogP contribution in [0, 0.1) is 16.7 Å². The lowest BCUT2D eigenvalue weighted by Crippen LogP contribution is -2.51. The summed E-state index contributed by atoms with van der Waals surface area (Å²) in [6, 6.07) is 0. The molecular weight excluding hydrogens is 174 g/mol. The highest BCUT2D eigenvalue weighted by atomic mass is 16.4. The summed E-state index contributed by atoms with van der Waals surface area (Å²) in [5, 5.41) is 12.9. The van der Waals surface area contributed by atoms with E-state index in [4.69, 9.17) is 0 Å². The molecule has 0 aromatic heterocycles. The van der Waals surface area contributed by atoms with Crippen molar-refractivity contribution in [3.05, 3.63) is 0 Å². The van der Waals surface area contributed by atoms with E-state index in [0.29, 0.717) is 5.92 Å². The van der Waals surface area contributed by atoms with Gasteiger partial charge in [-0.25, -0.2) is 0 Å². The average Bonchev–Trinajstić information content (AvgIpc) is 2.06. The molecular formula is C12H21NO. The van der Waals surface area contributed by atoms with Crippen molar-refractivity contribution in [3.63, 3.8) is 0 Å². The number of oxime groups is 1. The second kappa shape index (κ2) is 2.98. The highest BCUT2D eigenvalue weighted by Crippen LogP contribution is 2.56. The van der Waals surface area contributed by atoms with E-state index < -0.39 is 0 Å². The molecule has 2 rings (SSSR count). The fourth-order valence-corrected chi connectivity index (χ4v) is 3.21. The van der Waals surface area contributed by atoms with Gasteiger partial charge in [0.2, 0.25) is 0 Å². The third kappa shape index (κ3) is 1.12. The fraction of sp³-hybridized carbons (Fsp3) is 0.917. The summed E-state index contributed by atoms with van der Waals surface area (Å²) in [6.45, 7) is 6.73. The first kappa shape index (κ1) is 10.0. The summed E-state index contributed by atoms with van der Waals surface area (Å²) in [7, 11) is 0. The van der Waals surface area contributed by atoms with E-state index in [2.05, 4.69) is 25.9 Å². The van der Waals surface area contributed by atoms with E-state index in [1.165, 1.54) is 32.1 Å². The molecule has 2 saturated carbocycles. The molecule has 0 saturated heterocycles. The number of hydrogen-bond acceptors (Lipinski definition) is 2. The van der Waals surface area contributed by atoms with Gasteiger partial charge in [-0.05, 0) is 31.6 Å². The molecule has 14 heavy (non-hydrogen) atoms. The largest absolute Gasteiger partial charge is 0.411 e. The second-order valence-corrected chi connectivity index (χ2v) is 5.74. The van der Waals surface area contributed by atoms with E-state index >= 15 is 0 Å². The quantitative estimate of drug-likeness (QED) is 0.466. The van der Waals surface area contributed by atoms with Gasteiger partial charge in [-0.15, -0.1) is 0 Å². The molecule has 0 aromatic rings. The van der Waals surface area contributed by atoms with Crippen molar-refractivity contribution in [1.82, 2.24) is 0 Å². The first-order valence-electron chi connectivity index (χ1n) is 5.76. The Morgan fingerprint density at radius 2 is 1.93 bits per heavy atom.